The van der Waals surface area contributed by atoms with Crippen molar-refractivity contribution in [3.8, 4) is 0 Å². The van der Waals surface area contributed by atoms with Crippen molar-refractivity contribution in [1.82, 2.24) is 5.32 Å². The first kappa shape index (κ1) is 32.4. The van der Waals surface area contributed by atoms with Gasteiger partial charge in [0.05, 0.1) is 26.4 Å². The Kier molecular flexibility index (Phi) is 12.9. The van der Waals surface area contributed by atoms with E-state index in [4.69, 9.17) is 24.7 Å². The SMILES string of the molecule is NC(=O)[C@H](NC(=O)OCc1ccccc1)[C@@H](OCc1ccccc1)[C@H](OCc1ccccc1)[C@H](O)COCc1ccccc1. The van der Waals surface area contributed by atoms with Gasteiger partial charge in [0.2, 0.25) is 5.91 Å². The zero-order valence-corrected chi connectivity index (χ0v) is 24.4. The Bertz CT molecular complexity index is 1390. The van der Waals surface area contributed by atoms with Crippen LogP contribution >= 0.6 is 0 Å². The minimum absolute atomic E-state index is 0.0163. The highest BCUT2D eigenvalue weighted by Crippen LogP contribution is 2.19. The van der Waals surface area contributed by atoms with Crippen LogP contribution in [-0.2, 0) is 50.2 Å². The second-order valence-electron chi connectivity index (χ2n) is 10.2. The smallest absolute Gasteiger partial charge is 0.408 e. The lowest BCUT2D eigenvalue weighted by Crippen LogP contribution is -2.59. The van der Waals surface area contributed by atoms with Crippen LogP contribution in [0, 0.1) is 0 Å². The number of amides is 2. The lowest BCUT2D eigenvalue weighted by atomic mass is 9.99. The fourth-order valence-electron chi connectivity index (χ4n) is 4.51. The maximum Gasteiger partial charge on any atom is 0.408 e. The number of primary amides is 1. The lowest BCUT2D eigenvalue weighted by Gasteiger charge is -2.35. The lowest BCUT2D eigenvalue weighted by molar-refractivity contribution is -0.161. The molecule has 0 fully saturated rings. The van der Waals surface area contributed by atoms with Gasteiger partial charge in [0, 0.05) is 0 Å². The zero-order valence-electron chi connectivity index (χ0n) is 24.4. The van der Waals surface area contributed by atoms with Crippen LogP contribution < -0.4 is 11.1 Å². The molecule has 9 heteroatoms. The summed E-state index contributed by atoms with van der Waals surface area (Å²) in [6.07, 6.45) is -4.48. The normalized spacial score (nSPS) is 13.8. The molecule has 4 atom stereocenters. The molecule has 0 unspecified atom stereocenters. The average molecular weight is 599 g/mol. The van der Waals surface area contributed by atoms with E-state index >= 15 is 0 Å². The first-order valence-electron chi connectivity index (χ1n) is 14.4. The summed E-state index contributed by atoms with van der Waals surface area (Å²) in [5.41, 5.74) is 9.17. The summed E-state index contributed by atoms with van der Waals surface area (Å²) in [4.78, 5) is 25.8. The van der Waals surface area contributed by atoms with E-state index in [9.17, 15) is 14.7 Å². The second-order valence-corrected chi connectivity index (χ2v) is 10.2. The molecular weight excluding hydrogens is 560 g/mol. The molecule has 0 heterocycles. The second kappa shape index (κ2) is 17.5. The average Bonchev–Trinajstić information content (AvgIpc) is 3.06. The number of rotatable bonds is 17. The summed E-state index contributed by atoms with van der Waals surface area (Å²) in [5.74, 6) is -0.884. The molecule has 0 aromatic heterocycles. The standard InChI is InChI=1S/C35H38N2O7/c36-34(39)31(37-35(40)44-24-29-19-11-4-12-20-29)33(43-23-28-17-9-3-10-18-28)32(42-22-27-15-7-2-8-16-27)30(38)25-41-21-26-13-5-1-6-14-26/h1-20,30-33,38H,21-25H2,(H2,36,39)(H,37,40)/t30-,31-,32-,33-/m1/s1. The van der Waals surface area contributed by atoms with Crippen LogP contribution in [0.1, 0.15) is 22.3 Å². The molecule has 0 bridgehead atoms. The number of carbonyl (C=O) groups is 2. The Morgan fingerprint density at radius 1 is 0.614 bits per heavy atom. The van der Waals surface area contributed by atoms with Gasteiger partial charge in [-0.15, -0.1) is 0 Å². The molecule has 0 saturated carbocycles. The molecule has 4 aromatic rings. The maximum absolute atomic E-state index is 12.9. The Labute approximate surface area is 257 Å². The number of hydrogen-bond donors (Lipinski definition) is 3. The van der Waals surface area contributed by atoms with Gasteiger partial charge >= 0.3 is 6.09 Å². The third kappa shape index (κ3) is 10.6. The summed E-state index contributed by atoms with van der Waals surface area (Å²) in [5, 5.41) is 14.0. The zero-order chi connectivity index (χ0) is 31.0. The van der Waals surface area contributed by atoms with Crippen LogP contribution in [0.4, 0.5) is 4.79 Å². The van der Waals surface area contributed by atoms with E-state index in [-0.39, 0.29) is 33.0 Å². The van der Waals surface area contributed by atoms with Gasteiger partial charge in [0.1, 0.15) is 31.0 Å². The molecule has 2 amide bonds. The van der Waals surface area contributed by atoms with Crippen molar-refractivity contribution in [2.24, 2.45) is 5.73 Å². The topological polar surface area (TPSA) is 129 Å². The Balaban J connectivity index is 1.55. The van der Waals surface area contributed by atoms with Crippen molar-refractivity contribution < 1.29 is 33.6 Å². The molecule has 0 aliphatic heterocycles. The number of benzene rings is 4. The first-order valence-corrected chi connectivity index (χ1v) is 14.4. The number of aliphatic hydroxyl groups is 1. The number of ether oxygens (including phenoxy) is 4. The third-order valence-corrected chi connectivity index (χ3v) is 6.79. The van der Waals surface area contributed by atoms with E-state index in [1.807, 2.05) is 121 Å². The van der Waals surface area contributed by atoms with E-state index < -0.39 is 36.4 Å². The maximum atomic E-state index is 12.9. The van der Waals surface area contributed by atoms with E-state index in [0.717, 1.165) is 22.3 Å². The number of alkyl carbamates (subject to hydrolysis) is 1. The fourth-order valence-corrected chi connectivity index (χ4v) is 4.51. The molecule has 4 aromatic carbocycles. The molecule has 0 aliphatic carbocycles. The minimum atomic E-state index is -1.41. The van der Waals surface area contributed by atoms with Crippen LogP contribution in [0.5, 0.6) is 0 Å². The first-order chi connectivity index (χ1) is 21.5. The number of nitrogens with one attached hydrogen (secondary N) is 1. The van der Waals surface area contributed by atoms with Gasteiger partial charge in [-0.25, -0.2) is 4.79 Å². The van der Waals surface area contributed by atoms with Gasteiger partial charge in [0.25, 0.3) is 0 Å². The van der Waals surface area contributed by atoms with Gasteiger partial charge < -0.3 is 35.1 Å². The fraction of sp³-hybridized carbons (Fsp3) is 0.257. The van der Waals surface area contributed by atoms with Crippen molar-refractivity contribution in [2.45, 2.75) is 50.8 Å². The van der Waals surface area contributed by atoms with Crippen LogP contribution in [0.2, 0.25) is 0 Å². The van der Waals surface area contributed by atoms with E-state index in [2.05, 4.69) is 5.32 Å². The molecular formula is C35H38N2O7. The molecule has 9 nitrogen and oxygen atoms in total. The van der Waals surface area contributed by atoms with Crippen LogP contribution in [0.25, 0.3) is 0 Å². The largest absolute Gasteiger partial charge is 0.445 e. The van der Waals surface area contributed by atoms with Crippen molar-refractivity contribution in [3.05, 3.63) is 144 Å². The third-order valence-electron chi connectivity index (χ3n) is 6.79. The van der Waals surface area contributed by atoms with Crippen molar-refractivity contribution >= 4 is 12.0 Å². The van der Waals surface area contributed by atoms with Gasteiger partial charge in [-0.05, 0) is 22.3 Å². The van der Waals surface area contributed by atoms with E-state index in [1.54, 1.807) is 0 Å². The predicted molar refractivity (Wildman–Crippen MR) is 165 cm³/mol. The van der Waals surface area contributed by atoms with Gasteiger partial charge in [-0.2, -0.15) is 0 Å². The number of carbonyl (C=O) groups excluding carboxylic acids is 2. The highest BCUT2D eigenvalue weighted by molar-refractivity contribution is 5.85. The molecule has 44 heavy (non-hydrogen) atoms. The molecule has 4 rings (SSSR count). The van der Waals surface area contributed by atoms with Crippen molar-refractivity contribution in [2.75, 3.05) is 6.61 Å². The summed E-state index contributed by atoms with van der Waals surface area (Å²) in [7, 11) is 0. The Morgan fingerprint density at radius 2 is 1.02 bits per heavy atom. The highest BCUT2D eigenvalue weighted by atomic mass is 16.6. The molecule has 0 aliphatic rings. The van der Waals surface area contributed by atoms with Crippen molar-refractivity contribution in [3.63, 3.8) is 0 Å². The summed E-state index contributed by atoms with van der Waals surface area (Å²) < 4.78 is 23.7. The van der Waals surface area contributed by atoms with Crippen LogP contribution in [-0.4, -0.2) is 48.1 Å². The van der Waals surface area contributed by atoms with Crippen molar-refractivity contribution in [1.29, 1.82) is 0 Å². The van der Waals surface area contributed by atoms with Gasteiger partial charge in [0.15, 0.2) is 0 Å². The number of hydrogen-bond acceptors (Lipinski definition) is 7. The van der Waals surface area contributed by atoms with Crippen LogP contribution in [0.15, 0.2) is 121 Å². The highest BCUT2D eigenvalue weighted by Gasteiger charge is 2.40. The molecule has 4 N–H and O–H groups in total. The Hall–Kier alpha value is -4.54. The molecule has 0 radical (unpaired) electrons. The van der Waals surface area contributed by atoms with Crippen LogP contribution in [0.3, 0.4) is 0 Å². The van der Waals surface area contributed by atoms with E-state index in [0.29, 0.717) is 0 Å². The summed E-state index contributed by atoms with van der Waals surface area (Å²) >= 11 is 0. The quantitative estimate of drug-likeness (QED) is 0.163. The summed E-state index contributed by atoms with van der Waals surface area (Å²) in [6, 6.07) is 35.9. The molecule has 0 spiro atoms. The predicted octanol–water partition coefficient (Wildman–Crippen LogP) is 4.52. The number of aliphatic hydroxyl groups excluding tert-OH is 1. The Morgan fingerprint density at radius 3 is 1.48 bits per heavy atom. The number of nitrogens with two attached hydrogens (primary N) is 1. The monoisotopic (exact) mass is 598 g/mol. The minimum Gasteiger partial charge on any atom is -0.445 e. The van der Waals surface area contributed by atoms with Gasteiger partial charge in [-0.1, -0.05) is 121 Å². The molecule has 230 valence electrons. The van der Waals surface area contributed by atoms with Gasteiger partial charge in [-0.3, -0.25) is 4.79 Å². The summed E-state index contributed by atoms with van der Waals surface area (Å²) in [6.45, 7) is 0.248. The van der Waals surface area contributed by atoms with E-state index in [1.165, 1.54) is 0 Å². The molecule has 0 saturated heterocycles.